The molecular weight excluding hydrogens is 374 g/mol. The fourth-order valence-electron chi connectivity index (χ4n) is 4.56. The molecule has 152 valence electrons. The number of phenols is 1. The van der Waals surface area contributed by atoms with Crippen molar-refractivity contribution in [3.8, 4) is 17.2 Å². The maximum atomic E-state index is 10.4. The highest BCUT2D eigenvalue weighted by Gasteiger charge is 2.38. The minimum Gasteiger partial charge on any atom is -0.508 e. The van der Waals surface area contributed by atoms with Gasteiger partial charge in [0.25, 0.3) is 0 Å². The number of para-hydroxylation sites is 2. The Labute approximate surface area is 176 Å². The SMILES string of the molecule is Oc1ccccc1C1Nc2ccc(OCCOc3ccccc3)cc2C2C=CCC21. The van der Waals surface area contributed by atoms with E-state index in [9.17, 15) is 5.11 Å². The van der Waals surface area contributed by atoms with Gasteiger partial charge in [-0.1, -0.05) is 48.6 Å². The average molecular weight is 399 g/mol. The molecule has 0 bridgehead atoms. The first-order valence-corrected chi connectivity index (χ1v) is 10.5. The van der Waals surface area contributed by atoms with Gasteiger partial charge >= 0.3 is 0 Å². The lowest BCUT2D eigenvalue weighted by atomic mass is 9.77. The van der Waals surface area contributed by atoms with Gasteiger partial charge in [-0.3, -0.25) is 0 Å². The van der Waals surface area contributed by atoms with Crippen LogP contribution in [-0.2, 0) is 0 Å². The van der Waals surface area contributed by atoms with Crippen LogP contribution in [0.25, 0.3) is 0 Å². The molecule has 0 fully saturated rings. The first kappa shape index (κ1) is 18.6. The van der Waals surface area contributed by atoms with Crippen molar-refractivity contribution < 1.29 is 14.6 Å². The van der Waals surface area contributed by atoms with Gasteiger partial charge in [-0.15, -0.1) is 0 Å². The summed E-state index contributed by atoms with van der Waals surface area (Å²) in [6.45, 7) is 0.992. The molecule has 0 saturated carbocycles. The van der Waals surface area contributed by atoms with Gasteiger partial charge in [0.05, 0.1) is 6.04 Å². The summed E-state index contributed by atoms with van der Waals surface area (Å²) in [7, 11) is 0. The number of hydrogen-bond donors (Lipinski definition) is 2. The quantitative estimate of drug-likeness (QED) is 0.414. The standard InChI is InChI=1S/C26H25NO3/c28-25-12-5-4-9-22(25)26-21-11-6-10-20(21)23-17-19(13-14-24(23)27-26)30-16-15-29-18-7-2-1-3-8-18/h1-10,12-14,17,20-21,26-28H,11,15-16H2. The van der Waals surface area contributed by atoms with Crippen LogP contribution in [0.3, 0.4) is 0 Å². The molecule has 2 N–H and O–H groups in total. The van der Waals surface area contributed by atoms with E-state index in [1.165, 1.54) is 5.56 Å². The molecule has 0 amide bonds. The summed E-state index contributed by atoms with van der Waals surface area (Å²) in [5.74, 6) is 2.75. The van der Waals surface area contributed by atoms with Crippen molar-refractivity contribution in [1.82, 2.24) is 0 Å². The second-order valence-corrected chi connectivity index (χ2v) is 7.79. The van der Waals surface area contributed by atoms with Crippen molar-refractivity contribution in [1.29, 1.82) is 0 Å². The van der Waals surface area contributed by atoms with Gasteiger partial charge in [0.1, 0.15) is 30.5 Å². The third-order valence-electron chi connectivity index (χ3n) is 5.97. The predicted octanol–water partition coefficient (Wildman–Crippen LogP) is 5.68. The van der Waals surface area contributed by atoms with Crippen molar-refractivity contribution in [3.63, 3.8) is 0 Å². The highest BCUT2D eigenvalue weighted by atomic mass is 16.5. The van der Waals surface area contributed by atoms with Gasteiger partial charge < -0.3 is 19.9 Å². The molecule has 3 atom stereocenters. The number of ether oxygens (including phenoxy) is 2. The largest absolute Gasteiger partial charge is 0.508 e. The Bertz CT molecular complexity index is 1050. The van der Waals surface area contributed by atoms with Crippen LogP contribution >= 0.6 is 0 Å². The van der Waals surface area contributed by atoms with Crippen molar-refractivity contribution >= 4 is 5.69 Å². The summed E-state index contributed by atoms with van der Waals surface area (Å²) in [6, 6.07) is 23.7. The van der Waals surface area contributed by atoms with Crippen molar-refractivity contribution in [2.75, 3.05) is 18.5 Å². The number of benzene rings is 3. The fraction of sp³-hybridized carbons (Fsp3) is 0.231. The van der Waals surface area contributed by atoms with Crippen LogP contribution < -0.4 is 14.8 Å². The molecule has 0 spiro atoms. The Balaban J connectivity index is 1.30. The normalized spacial score (nSPS) is 21.4. The molecule has 2 aliphatic rings. The molecule has 4 nitrogen and oxygen atoms in total. The lowest BCUT2D eigenvalue weighted by molar-refractivity contribution is 0.217. The van der Waals surface area contributed by atoms with E-state index in [1.807, 2.05) is 54.6 Å². The molecule has 5 rings (SSSR count). The monoisotopic (exact) mass is 399 g/mol. The minimum absolute atomic E-state index is 0.0877. The van der Waals surface area contributed by atoms with E-state index in [2.05, 4.69) is 29.6 Å². The van der Waals surface area contributed by atoms with Gasteiger partial charge in [0.2, 0.25) is 0 Å². The number of nitrogens with one attached hydrogen (secondary N) is 1. The molecule has 4 heteroatoms. The average Bonchev–Trinajstić information content (AvgIpc) is 3.28. The summed E-state index contributed by atoms with van der Waals surface area (Å²) < 4.78 is 11.7. The van der Waals surface area contributed by atoms with Crippen LogP contribution in [0.15, 0.2) is 84.9 Å². The molecule has 3 aromatic carbocycles. The zero-order valence-electron chi connectivity index (χ0n) is 16.7. The lowest BCUT2D eigenvalue weighted by Gasteiger charge is -2.37. The van der Waals surface area contributed by atoms with Gasteiger partial charge in [-0.2, -0.15) is 0 Å². The second-order valence-electron chi connectivity index (χ2n) is 7.79. The molecule has 1 aliphatic heterocycles. The molecule has 3 aromatic rings. The summed E-state index contributed by atoms with van der Waals surface area (Å²) in [5.41, 5.74) is 3.31. The van der Waals surface area contributed by atoms with E-state index >= 15 is 0 Å². The highest BCUT2D eigenvalue weighted by molar-refractivity contribution is 5.62. The molecule has 3 unspecified atom stereocenters. The number of fused-ring (bicyclic) bond motifs is 3. The van der Waals surface area contributed by atoms with Crippen LogP contribution in [0.1, 0.15) is 29.5 Å². The minimum atomic E-state index is 0.0877. The predicted molar refractivity (Wildman–Crippen MR) is 118 cm³/mol. The Morgan fingerprint density at radius 3 is 2.43 bits per heavy atom. The number of allylic oxidation sites excluding steroid dienone is 2. The third kappa shape index (κ3) is 3.61. The van der Waals surface area contributed by atoms with Crippen LogP contribution in [0, 0.1) is 5.92 Å². The lowest BCUT2D eigenvalue weighted by Crippen LogP contribution is -2.29. The van der Waals surface area contributed by atoms with Gasteiger partial charge in [-0.05, 0) is 54.3 Å². The Morgan fingerprint density at radius 1 is 0.833 bits per heavy atom. The van der Waals surface area contributed by atoms with Gasteiger partial charge in [-0.25, -0.2) is 0 Å². The zero-order chi connectivity index (χ0) is 20.3. The van der Waals surface area contributed by atoms with Crippen molar-refractivity contribution in [2.24, 2.45) is 5.92 Å². The highest BCUT2D eigenvalue weighted by Crippen LogP contribution is 2.51. The summed E-state index contributed by atoms with van der Waals surface area (Å²) in [6.07, 6.45) is 5.53. The number of hydrogen-bond acceptors (Lipinski definition) is 4. The molecular formula is C26H25NO3. The second kappa shape index (κ2) is 8.15. The van der Waals surface area contributed by atoms with Gasteiger partial charge in [0, 0.05) is 17.2 Å². The Morgan fingerprint density at radius 2 is 1.60 bits per heavy atom. The summed E-state index contributed by atoms with van der Waals surface area (Å²) in [4.78, 5) is 0. The van der Waals surface area contributed by atoms with Crippen molar-refractivity contribution in [3.05, 3.63) is 96.1 Å². The maximum absolute atomic E-state index is 10.4. The van der Waals surface area contributed by atoms with E-state index in [4.69, 9.17) is 9.47 Å². The Hall–Kier alpha value is -3.40. The molecule has 0 saturated heterocycles. The van der Waals surface area contributed by atoms with E-state index in [0.717, 1.165) is 29.2 Å². The molecule has 0 aromatic heterocycles. The number of aromatic hydroxyl groups is 1. The van der Waals surface area contributed by atoms with E-state index in [0.29, 0.717) is 30.8 Å². The first-order chi connectivity index (χ1) is 14.8. The van der Waals surface area contributed by atoms with Crippen LogP contribution in [0.2, 0.25) is 0 Å². The molecule has 1 aliphatic carbocycles. The van der Waals surface area contributed by atoms with Crippen LogP contribution in [0.5, 0.6) is 17.2 Å². The van der Waals surface area contributed by atoms with E-state index in [1.54, 1.807) is 6.07 Å². The van der Waals surface area contributed by atoms with Gasteiger partial charge in [0.15, 0.2) is 0 Å². The molecule has 0 radical (unpaired) electrons. The number of rotatable bonds is 6. The molecule has 30 heavy (non-hydrogen) atoms. The van der Waals surface area contributed by atoms with Crippen LogP contribution in [-0.4, -0.2) is 18.3 Å². The third-order valence-corrected chi connectivity index (χ3v) is 5.97. The molecule has 1 heterocycles. The zero-order valence-corrected chi connectivity index (χ0v) is 16.7. The maximum Gasteiger partial charge on any atom is 0.122 e. The fourth-order valence-corrected chi connectivity index (χ4v) is 4.56. The van der Waals surface area contributed by atoms with E-state index < -0.39 is 0 Å². The first-order valence-electron chi connectivity index (χ1n) is 10.5. The topological polar surface area (TPSA) is 50.7 Å². The summed E-state index contributed by atoms with van der Waals surface area (Å²) >= 11 is 0. The number of phenolic OH excluding ortho intramolecular Hbond substituents is 1. The number of anilines is 1. The Kier molecular flexibility index (Phi) is 5.06. The summed E-state index contributed by atoms with van der Waals surface area (Å²) in [5, 5.41) is 14.0. The van der Waals surface area contributed by atoms with Crippen LogP contribution in [0.4, 0.5) is 5.69 Å². The smallest absolute Gasteiger partial charge is 0.122 e. The van der Waals surface area contributed by atoms with E-state index in [-0.39, 0.29) is 6.04 Å². The van der Waals surface area contributed by atoms with Crippen molar-refractivity contribution in [2.45, 2.75) is 18.4 Å².